The van der Waals surface area contributed by atoms with Gasteiger partial charge in [0.05, 0.1) is 17.7 Å². The van der Waals surface area contributed by atoms with E-state index in [9.17, 15) is 0 Å². The summed E-state index contributed by atoms with van der Waals surface area (Å²) in [5.41, 5.74) is 2.35. The van der Waals surface area contributed by atoms with Crippen molar-refractivity contribution in [2.24, 2.45) is 0 Å². The summed E-state index contributed by atoms with van der Waals surface area (Å²) >= 11 is 0. The summed E-state index contributed by atoms with van der Waals surface area (Å²) in [6.45, 7) is 2.62. The van der Waals surface area contributed by atoms with Gasteiger partial charge in [0.1, 0.15) is 12.4 Å². The Hall–Kier alpha value is -3.00. The van der Waals surface area contributed by atoms with E-state index in [4.69, 9.17) is 15.9 Å². The maximum absolute atomic E-state index is 5.74. The zero-order valence-electron chi connectivity index (χ0n) is 12.2. The van der Waals surface area contributed by atoms with Gasteiger partial charge in [-0.3, -0.25) is 0 Å². The molecule has 3 rings (SSSR count). The summed E-state index contributed by atoms with van der Waals surface area (Å²) in [6, 6.07) is 9.42. The fraction of sp³-hybridized carbons (Fsp3) is 0.176. The van der Waals surface area contributed by atoms with Gasteiger partial charge in [0.2, 0.25) is 0 Å². The Balaban J connectivity index is 2.10. The van der Waals surface area contributed by atoms with Crippen LogP contribution >= 0.6 is 0 Å². The summed E-state index contributed by atoms with van der Waals surface area (Å²) in [7, 11) is 0. The number of terminal acetylenes is 1. The second-order valence-electron chi connectivity index (χ2n) is 4.52. The van der Waals surface area contributed by atoms with Crippen LogP contribution < -0.4 is 9.47 Å². The van der Waals surface area contributed by atoms with Crippen LogP contribution in [0.1, 0.15) is 6.92 Å². The molecular weight excluding hydrogens is 278 g/mol. The van der Waals surface area contributed by atoms with E-state index in [0.29, 0.717) is 29.6 Å². The fourth-order valence-electron chi connectivity index (χ4n) is 2.20. The third-order valence-electron chi connectivity index (χ3n) is 3.09. The van der Waals surface area contributed by atoms with E-state index in [0.717, 1.165) is 11.1 Å². The number of ether oxygens (including phenoxy) is 2. The first kappa shape index (κ1) is 14.0. The highest BCUT2D eigenvalue weighted by Crippen LogP contribution is 2.37. The number of hydrogen-bond donors (Lipinski definition) is 1. The van der Waals surface area contributed by atoms with Crippen LogP contribution in [0.25, 0.3) is 22.6 Å². The second-order valence-corrected chi connectivity index (χ2v) is 4.52. The van der Waals surface area contributed by atoms with Gasteiger partial charge < -0.3 is 14.5 Å². The third-order valence-corrected chi connectivity index (χ3v) is 3.09. The van der Waals surface area contributed by atoms with E-state index in [1.54, 1.807) is 6.20 Å². The molecule has 2 heterocycles. The molecule has 0 atom stereocenters. The number of hydrogen-bond acceptors (Lipinski definition) is 4. The number of aromatic amines is 1. The number of benzene rings is 1. The molecule has 0 saturated heterocycles. The highest BCUT2D eigenvalue weighted by molar-refractivity contribution is 5.78. The smallest absolute Gasteiger partial charge is 0.178 e. The van der Waals surface area contributed by atoms with Gasteiger partial charge in [-0.25, -0.2) is 9.97 Å². The molecular formula is C17H15N3O2. The van der Waals surface area contributed by atoms with Gasteiger partial charge in [-0.15, -0.1) is 6.42 Å². The summed E-state index contributed by atoms with van der Waals surface area (Å²) in [4.78, 5) is 12.0. The molecule has 0 aliphatic heterocycles. The van der Waals surface area contributed by atoms with E-state index >= 15 is 0 Å². The molecule has 0 spiro atoms. The van der Waals surface area contributed by atoms with Crippen LogP contribution in [0.5, 0.6) is 11.5 Å². The van der Waals surface area contributed by atoms with Gasteiger partial charge in [0.15, 0.2) is 17.1 Å². The SMILES string of the molecule is C#CCOc1cccc(-c2nc3ncccc3[nH]2)c1OCC. The highest BCUT2D eigenvalue weighted by atomic mass is 16.5. The molecule has 0 amide bonds. The summed E-state index contributed by atoms with van der Waals surface area (Å²) in [5.74, 6) is 4.37. The number of H-pyrrole nitrogens is 1. The topological polar surface area (TPSA) is 60.0 Å². The first-order valence-corrected chi connectivity index (χ1v) is 6.96. The molecule has 0 aliphatic rings. The molecule has 110 valence electrons. The molecule has 0 unspecified atom stereocenters. The van der Waals surface area contributed by atoms with Gasteiger partial charge in [-0.1, -0.05) is 12.0 Å². The third kappa shape index (κ3) is 2.59. The largest absolute Gasteiger partial charge is 0.489 e. The van der Waals surface area contributed by atoms with Gasteiger partial charge in [0.25, 0.3) is 0 Å². The van der Waals surface area contributed by atoms with Gasteiger partial charge in [-0.05, 0) is 31.2 Å². The first-order valence-electron chi connectivity index (χ1n) is 6.96. The van der Waals surface area contributed by atoms with E-state index in [1.165, 1.54) is 0 Å². The lowest BCUT2D eigenvalue weighted by Gasteiger charge is -2.13. The van der Waals surface area contributed by atoms with Crippen LogP contribution in [0, 0.1) is 12.3 Å². The molecule has 0 aliphatic carbocycles. The lowest BCUT2D eigenvalue weighted by Crippen LogP contribution is -2.01. The van der Waals surface area contributed by atoms with E-state index in [-0.39, 0.29) is 6.61 Å². The number of imidazole rings is 1. The Morgan fingerprint density at radius 2 is 2.14 bits per heavy atom. The summed E-state index contributed by atoms with van der Waals surface area (Å²) in [6.07, 6.45) is 6.97. The number of rotatable bonds is 5. The molecule has 22 heavy (non-hydrogen) atoms. The van der Waals surface area contributed by atoms with Crippen LogP contribution in [0.2, 0.25) is 0 Å². The van der Waals surface area contributed by atoms with E-state index in [1.807, 2.05) is 37.3 Å². The number of nitrogens with one attached hydrogen (secondary N) is 1. The number of fused-ring (bicyclic) bond motifs is 1. The molecule has 5 heteroatoms. The van der Waals surface area contributed by atoms with Crippen molar-refractivity contribution < 1.29 is 9.47 Å². The van der Waals surface area contributed by atoms with Crippen LogP contribution in [0.15, 0.2) is 36.5 Å². The second kappa shape index (κ2) is 6.19. The average Bonchev–Trinajstić information content (AvgIpc) is 2.98. The standard InChI is InChI=1S/C17H15N3O2/c1-3-11-22-14-9-5-7-12(15(14)21-4-2)16-19-13-8-6-10-18-17(13)20-16/h1,5-10H,4,11H2,2H3,(H,18,19,20). The van der Waals surface area contributed by atoms with Crippen molar-refractivity contribution in [2.45, 2.75) is 6.92 Å². The Bertz CT molecular complexity index is 800. The van der Waals surface area contributed by atoms with Gasteiger partial charge in [-0.2, -0.15) is 0 Å². The van der Waals surface area contributed by atoms with Crippen LogP contribution in [0.4, 0.5) is 0 Å². The maximum Gasteiger partial charge on any atom is 0.178 e. The molecule has 0 fully saturated rings. The van der Waals surface area contributed by atoms with Crippen molar-refractivity contribution in [3.8, 4) is 35.2 Å². The monoisotopic (exact) mass is 293 g/mol. The number of aromatic nitrogens is 3. The Kier molecular flexibility index (Phi) is 3.92. The molecule has 0 radical (unpaired) electrons. The quantitative estimate of drug-likeness (QED) is 0.735. The molecule has 5 nitrogen and oxygen atoms in total. The zero-order chi connectivity index (χ0) is 15.4. The summed E-state index contributed by atoms with van der Waals surface area (Å²) < 4.78 is 11.3. The zero-order valence-corrected chi connectivity index (χ0v) is 12.2. The van der Waals surface area contributed by atoms with Crippen LogP contribution in [-0.2, 0) is 0 Å². The first-order chi connectivity index (χ1) is 10.8. The van der Waals surface area contributed by atoms with Gasteiger partial charge >= 0.3 is 0 Å². The molecule has 0 bridgehead atoms. The summed E-state index contributed by atoms with van der Waals surface area (Å²) in [5, 5.41) is 0. The minimum Gasteiger partial charge on any atom is -0.489 e. The lowest BCUT2D eigenvalue weighted by molar-refractivity contribution is 0.300. The molecule has 0 saturated carbocycles. The van der Waals surface area contributed by atoms with Crippen LogP contribution in [-0.4, -0.2) is 28.2 Å². The fourth-order valence-corrected chi connectivity index (χ4v) is 2.20. The van der Waals surface area contributed by atoms with Crippen molar-refractivity contribution in [3.05, 3.63) is 36.5 Å². The highest BCUT2D eigenvalue weighted by Gasteiger charge is 2.15. The Morgan fingerprint density at radius 3 is 2.91 bits per heavy atom. The lowest BCUT2D eigenvalue weighted by atomic mass is 10.1. The predicted molar refractivity (Wildman–Crippen MR) is 84.8 cm³/mol. The predicted octanol–water partition coefficient (Wildman–Crippen LogP) is 3.04. The maximum atomic E-state index is 5.74. The minimum absolute atomic E-state index is 0.186. The van der Waals surface area contributed by atoms with E-state index in [2.05, 4.69) is 20.9 Å². The van der Waals surface area contributed by atoms with Crippen molar-refractivity contribution >= 4 is 11.2 Å². The van der Waals surface area contributed by atoms with Crippen molar-refractivity contribution in [1.82, 2.24) is 15.0 Å². The van der Waals surface area contributed by atoms with Crippen molar-refractivity contribution in [3.63, 3.8) is 0 Å². The molecule has 1 aromatic carbocycles. The Labute approximate surface area is 128 Å². The molecule has 1 N–H and O–H groups in total. The van der Waals surface area contributed by atoms with Crippen molar-refractivity contribution in [1.29, 1.82) is 0 Å². The molecule has 2 aromatic heterocycles. The Morgan fingerprint density at radius 1 is 1.23 bits per heavy atom. The molecule has 3 aromatic rings. The minimum atomic E-state index is 0.186. The number of nitrogens with zero attached hydrogens (tertiary/aromatic N) is 2. The van der Waals surface area contributed by atoms with Crippen LogP contribution in [0.3, 0.4) is 0 Å². The normalized spacial score (nSPS) is 10.4. The van der Waals surface area contributed by atoms with Gasteiger partial charge in [0, 0.05) is 6.20 Å². The number of para-hydroxylation sites is 1. The number of pyridine rings is 1. The van der Waals surface area contributed by atoms with E-state index < -0.39 is 0 Å². The average molecular weight is 293 g/mol. The van der Waals surface area contributed by atoms with Crippen molar-refractivity contribution in [2.75, 3.05) is 13.2 Å².